The maximum absolute atomic E-state index is 12.5. The number of nitrogens with zero attached hydrogens (tertiary/aromatic N) is 3. The molecule has 1 aliphatic rings. The van der Waals surface area contributed by atoms with E-state index in [-0.39, 0.29) is 5.91 Å². The van der Waals surface area contributed by atoms with Gasteiger partial charge in [0, 0.05) is 44.5 Å². The fraction of sp³-hybridized carbons (Fsp3) is 0.375. The third-order valence-electron chi connectivity index (χ3n) is 5.35. The molecule has 1 aromatic heterocycles. The van der Waals surface area contributed by atoms with Gasteiger partial charge in [0.15, 0.2) is 0 Å². The first kappa shape index (κ1) is 20.3. The minimum absolute atomic E-state index is 0.0297. The summed E-state index contributed by atoms with van der Waals surface area (Å²) in [5.41, 5.74) is 2.05. The molecule has 0 atom stereocenters. The summed E-state index contributed by atoms with van der Waals surface area (Å²) in [6.07, 6.45) is 2.70. The van der Waals surface area contributed by atoms with E-state index in [9.17, 15) is 4.79 Å². The van der Waals surface area contributed by atoms with Crippen LogP contribution in [0, 0.1) is 0 Å². The summed E-state index contributed by atoms with van der Waals surface area (Å²) >= 11 is 0. The second-order valence-electron chi connectivity index (χ2n) is 7.69. The van der Waals surface area contributed by atoms with Crippen LogP contribution < -0.4 is 10.2 Å². The lowest BCUT2D eigenvalue weighted by molar-refractivity contribution is -0.121. The molecule has 30 heavy (non-hydrogen) atoms. The summed E-state index contributed by atoms with van der Waals surface area (Å²) in [4.78, 5) is 24.3. The molecule has 1 amide bonds. The normalized spacial score (nSPS) is 13.4. The SMILES string of the molecule is COCCN(CCC(=O)NCc1ccccc1)c1nc(C2CC2)nc2ccccc12. The zero-order valence-electron chi connectivity index (χ0n) is 17.4. The van der Waals surface area contributed by atoms with Crippen LogP contribution in [0.25, 0.3) is 10.9 Å². The van der Waals surface area contributed by atoms with Gasteiger partial charge in [0.25, 0.3) is 0 Å². The first-order chi connectivity index (χ1) is 14.7. The van der Waals surface area contributed by atoms with Crippen LogP contribution in [0.5, 0.6) is 0 Å². The van der Waals surface area contributed by atoms with Crippen LogP contribution in [-0.2, 0) is 16.1 Å². The van der Waals surface area contributed by atoms with Crippen LogP contribution in [0.3, 0.4) is 0 Å². The van der Waals surface area contributed by atoms with Crippen LogP contribution in [0.4, 0.5) is 5.82 Å². The molecule has 1 saturated carbocycles. The predicted octanol–water partition coefficient (Wildman–Crippen LogP) is 3.67. The molecule has 0 radical (unpaired) electrons. The van der Waals surface area contributed by atoms with E-state index in [1.807, 2.05) is 48.5 Å². The monoisotopic (exact) mass is 404 g/mol. The Bertz CT molecular complexity index is 989. The van der Waals surface area contributed by atoms with Crippen molar-refractivity contribution in [2.45, 2.75) is 31.7 Å². The number of carbonyl (C=O) groups excluding carboxylic acids is 1. The van der Waals surface area contributed by atoms with Gasteiger partial charge in [0.2, 0.25) is 5.91 Å². The molecule has 1 aliphatic carbocycles. The van der Waals surface area contributed by atoms with Gasteiger partial charge >= 0.3 is 0 Å². The molecule has 4 rings (SSSR count). The predicted molar refractivity (Wildman–Crippen MR) is 119 cm³/mol. The molecule has 3 aromatic rings. The number of hydrogen-bond acceptors (Lipinski definition) is 5. The van der Waals surface area contributed by atoms with E-state index in [0.29, 0.717) is 38.6 Å². The lowest BCUT2D eigenvalue weighted by atomic mass is 10.2. The van der Waals surface area contributed by atoms with Gasteiger partial charge in [0.05, 0.1) is 12.1 Å². The molecule has 0 spiro atoms. The van der Waals surface area contributed by atoms with Crippen molar-refractivity contribution in [2.75, 3.05) is 31.7 Å². The van der Waals surface area contributed by atoms with Crippen LogP contribution in [0.15, 0.2) is 54.6 Å². The Morgan fingerprint density at radius 2 is 1.83 bits per heavy atom. The molecule has 0 unspecified atom stereocenters. The summed E-state index contributed by atoms with van der Waals surface area (Å²) in [7, 11) is 1.69. The molecule has 0 bridgehead atoms. The van der Waals surface area contributed by atoms with Crippen molar-refractivity contribution in [3.63, 3.8) is 0 Å². The zero-order chi connectivity index (χ0) is 20.8. The number of aromatic nitrogens is 2. The number of rotatable bonds is 10. The van der Waals surface area contributed by atoms with Gasteiger partial charge in [0.1, 0.15) is 11.6 Å². The maximum atomic E-state index is 12.5. The Balaban J connectivity index is 1.49. The summed E-state index contributed by atoms with van der Waals surface area (Å²) in [6.45, 7) is 2.37. The number of carbonyl (C=O) groups is 1. The number of hydrogen-bond donors (Lipinski definition) is 1. The zero-order valence-corrected chi connectivity index (χ0v) is 17.4. The molecule has 156 valence electrons. The van der Waals surface area contributed by atoms with Crippen molar-refractivity contribution in [2.24, 2.45) is 0 Å². The van der Waals surface area contributed by atoms with E-state index in [2.05, 4.69) is 16.3 Å². The Morgan fingerprint density at radius 1 is 1.07 bits per heavy atom. The number of nitrogens with one attached hydrogen (secondary N) is 1. The van der Waals surface area contributed by atoms with Crippen LogP contribution in [0.2, 0.25) is 0 Å². The average molecular weight is 405 g/mol. The Labute approximate surface area is 177 Å². The van der Waals surface area contributed by atoms with E-state index in [0.717, 1.165) is 41.0 Å². The summed E-state index contributed by atoms with van der Waals surface area (Å²) in [5.74, 6) is 2.31. The van der Waals surface area contributed by atoms with Gasteiger partial charge in [-0.25, -0.2) is 9.97 Å². The summed E-state index contributed by atoms with van der Waals surface area (Å²) in [6, 6.07) is 18.1. The van der Waals surface area contributed by atoms with E-state index in [1.54, 1.807) is 7.11 Å². The molecule has 0 aliphatic heterocycles. The lowest BCUT2D eigenvalue weighted by Gasteiger charge is -2.25. The highest BCUT2D eigenvalue weighted by Crippen LogP contribution is 2.39. The minimum atomic E-state index is 0.0297. The third kappa shape index (κ3) is 5.13. The fourth-order valence-corrected chi connectivity index (χ4v) is 3.49. The van der Waals surface area contributed by atoms with Crippen molar-refractivity contribution in [1.29, 1.82) is 0 Å². The topological polar surface area (TPSA) is 67.3 Å². The highest BCUT2D eigenvalue weighted by molar-refractivity contribution is 5.90. The number of anilines is 1. The fourth-order valence-electron chi connectivity index (χ4n) is 3.49. The molecular weight excluding hydrogens is 376 g/mol. The summed E-state index contributed by atoms with van der Waals surface area (Å²) in [5, 5.41) is 4.03. The highest BCUT2D eigenvalue weighted by atomic mass is 16.5. The smallest absolute Gasteiger partial charge is 0.222 e. The number of benzene rings is 2. The van der Waals surface area contributed by atoms with Gasteiger partial charge < -0.3 is 15.0 Å². The average Bonchev–Trinajstić information content (AvgIpc) is 3.63. The summed E-state index contributed by atoms with van der Waals surface area (Å²) < 4.78 is 5.32. The van der Waals surface area contributed by atoms with Crippen molar-refractivity contribution in [1.82, 2.24) is 15.3 Å². The van der Waals surface area contributed by atoms with E-state index in [4.69, 9.17) is 14.7 Å². The quantitative estimate of drug-likeness (QED) is 0.558. The molecule has 6 heteroatoms. The van der Waals surface area contributed by atoms with Gasteiger partial charge in [-0.3, -0.25) is 4.79 Å². The molecule has 2 aromatic carbocycles. The van der Waals surface area contributed by atoms with Crippen LogP contribution in [0.1, 0.15) is 36.6 Å². The van der Waals surface area contributed by atoms with Crippen LogP contribution >= 0.6 is 0 Å². The van der Waals surface area contributed by atoms with Crippen molar-refractivity contribution in [3.8, 4) is 0 Å². The first-order valence-corrected chi connectivity index (χ1v) is 10.6. The second-order valence-corrected chi connectivity index (χ2v) is 7.69. The van der Waals surface area contributed by atoms with Crippen LogP contribution in [-0.4, -0.2) is 42.7 Å². The standard InChI is InChI=1S/C24H28N4O2/c1-30-16-15-28(14-13-22(29)25-17-18-7-3-2-4-8-18)24-20-9-5-6-10-21(20)26-23(27-24)19-11-12-19/h2-10,19H,11-17H2,1H3,(H,25,29). The molecule has 1 fully saturated rings. The van der Waals surface area contributed by atoms with E-state index in [1.165, 1.54) is 0 Å². The number of ether oxygens (including phenoxy) is 1. The van der Waals surface area contributed by atoms with Gasteiger partial charge in [-0.1, -0.05) is 42.5 Å². The van der Waals surface area contributed by atoms with Gasteiger partial charge in [-0.2, -0.15) is 0 Å². The maximum Gasteiger partial charge on any atom is 0.222 e. The van der Waals surface area contributed by atoms with E-state index < -0.39 is 0 Å². The molecule has 1 heterocycles. The first-order valence-electron chi connectivity index (χ1n) is 10.6. The van der Waals surface area contributed by atoms with Crippen molar-refractivity contribution in [3.05, 3.63) is 66.0 Å². The molecular formula is C24H28N4O2. The lowest BCUT2D eigenvalue weighted by Crippen LogP contribution is -2.33. The second kappa shape index (κ2) is 9.67. The molecule has 0 saturated heterocycles. The molecule has 6 nitrogen and oxygen atoms in total. The van der Waals surface area contributed by atoms with Crippen molar-refractivity contribution >= 4 is 22.6 Å². The number of para-hydroxylation sites is 1. The van der Waals surface area contributed by atoms with Gasteiger partial charge in [-0.05, 0) is 30.5 Å². The number of fused-ring (bicyclic) bond motifs is 1. The largest absolute Gasteiger partial charge is 0.383 e. The Morgan fingerprint density at radius 3 is 2.60 bits per heavy atom. The number of amides is 1. The minimum Gasteiger partial charge on any atom is -0.383 e. The Hall–Kier alpha value is -2.99. The molecule has 1 N–H and O–H groups in total. The van der Waals surface area contributed by atoms with Gasteiger partial charge in [-0.15, -0.1) is 0 Å². The van der Waals surface area contributed by atoms with Crippen molar-refractivity contribution < 1.29 is 9.53 Å². The number of methoxy groups -OCH3 is 1. The Kier molecular flexibility index (Phi) is 6.54. The van der Waals surface area contributed by atoms with E-state index >= 15 is 0 Å². The third-order valence-corrected chi connectivity index (χ3v) is 5.35. The highest BCUT2D eigenvalue weighted by Gasteiger charge is 2.28.